The van der Waals surface area contributed by atoms with E-state index in [9.17, 15) is 9.59 Å². The van der Waals surface area contributed by atoms with Crippen molar-refractivity contribution in [1.29, 1.82) is 0 Å². The fourth-order valence-electron chi connectivity index (χ4n) is 1.84. The Morgan fingerprint density at radius 2 is 1.87 bits per heavy atom. The van der Waals surface area contributed by atoms with Crippen molar-refractivity contribution < 1.29 is 19.1 Å². The third-order valence-electron chi connectivity index (χ3n) is 2.82. The molecule has 1 unspecified atom stereocenters. The summed E-state index contributed by atoms with van der Waals surface area (Å²) >= 11 is 2.25. The van der Waals surface area contributed by atoms with E-state index in [0.717, 1.165) is 9.13 Å². The zero-order valence-electron chi connectivity index (χ0n) is 14.0. The lowest BCUT2D eigenvalue weighted by Gasteiger charge is -2.21. The van der Waals surface area contributed by atoms with Crippen LogP contribution >= 0.6 is 22.6 Å². The van der Waals surface area contributed by atoms with Gasteiger partial charge in [0.15, 0.2) is 6.23 Å². The van der Waals surface area contributed by atoms with Crippen molar-refractivity contribution in [3.8, 4) is 0 Å². The number of nitrogens with one attached hydrogen (secondary N) is 1. The van der Waals surface area contributed by atoms with Gasteiger partial charge in [0, 0.05) is 9.99 Å². The maximum absolute atomic E-state index is 11.8. The van der Waals surface area contributed by atoms with Gasteiger partial charge in [-0.15, -0.1) is 0 Å². The molecule has 0 aliphatic heterocycles. The molecule has 1 N–H and O–H groups in total. The molecule has 1 aromatic rings. The Bertz CT molecular complexity index is 540. The first-order chi connectivity index (χ1) is 10.7. The van der Waals surface area contributed by atoms with Gasteiger partial charge in [-0.1, -0.05) is 18.2 Å². The number of hydrogen-bond acceptors (Lipinski definition) is 5. The van der Waals surface area contributed by atoms with E-state index < -0.39 is 11.8 Å². The van der Waals surface area contributed by atoms with Crippen molar-refractivity contribution in [3.05, 3.63) is 33.4 Å². The number of benzene rings is 1. The molecule has 1 aromatic carbocycles. The fourth-order valence-corrected chi connectivity index (χ4v) is 2.50. The molecule has 0 heterocycles. The normalized spacial score (nSPS) is 12.6. The van der Waals surface area contributed by atoms with Crippen LogP contribution in [0.3, 0.4) is 0 Å². The number of aryl methyl sites for hydroxylation is 1. The van der Waals surface area contributed by atoms with Crippen LogP contribution in [0.2, 0.25) is 0 Å². The molecule has 0 aliphatic rings. The summed E-state index contributed by atoms with van der Waals surface area (Å²) in [5.74, 6) is -0.673. The molecule has 0 saturated heterocycles. The van der Waals surface area contributed by atoms with E-state index in [4.69, 9.17) is 9.47 Å². The molecule has 1 rings (SSSR count). The molecule has 0 aromatic heterocycles. The summed E-state index contributed by atoms with van der Waals surface area (Å²) in [7, 11) is 0. The molecule has 0 spiro atoms. The third kappa shape index (κ3) is 8.90. The van der Waals surface area contributed by atoms with Crippen LogP contribution in [0, 0.1) is 3.57 Å². The lowest BCUT2D eigenvalue weighted by molar-refractivity contribution is -0.157. The summed E-state index contributed by atoms with van der Waals surface area (Å²) in [6, 6.07) is 7.92. The van der Waals surface area contributed by atoms with Gasteiger partial charge in [0.2, 0.25) is 0 Å². The van der Waals surface area contributed by atoms with Gasteiger partial charge in [0.1, 0.15) is 5.60 Å². The first-order valence-corrected chi connectivity index (χ1v) is 8.63. The summed E-state index contributed by atoms with van der Waals surface area (Å²) in [6.07, 6.45) is 0.403. The largest absolute Gasteiger partial charge is 0.459 e. The summed E-state index contributed by atoms with van der Waals surface area (Å²) in [4.78, 5) is 23.4. The minimum Gasteiger partial charge on any atom is -0.459 e. The zero-order chi connectivity index (χ0) is 17.5. The van der Waals surface area contributed by atoms with E-state index in [1.165, 1.54) is 0 Å². The highest BCUT2D eigenvalue weighted by atomic mass is 127. The second kappa shape index (κ2) is 9.22. The minimum absolute atomic E-state index is 0.00228. The van der Waals surface area contributed by atoms with Crippen molar-refractivity contribution in [1.82, 2.24) is 5.32 Å². The molecular weight excluding hydrogens is 409 g/mol. The van der Waals surface area contributed by atoms with Crippen LogP contribution in [-0.2, 0) is 25.5 Å². The lowest BCUT2D eigenvalue weighted by Crippen LogP contribution is -2.38. The molecule has 23 heavy (non-hydrogen) atoms. The Morgan fingerprint density at radius 3 is 2.48 bits per heavy atom. The topological polar surface area (TPSA) is 64.6 Å². The summed E-state index contributed by atoms with van der Waals surface area (Å²) < 4.78 is 11.5. The summed E-state index contributed by atoms with van der Waals surface area (Å²) in [6.45, 7) is 7.11. The van der Waals surface area contributed by atoms with Crippen LogP contribution in [0.15, 0.2) is 24.3 Å². The van der Waals surface area contributed by atoms with Gasteiger partial charge < -0.3 is 9.47 Å². The molecular formula is C17H24INO4. The minimum atomic E-state index is -0.537. The Morgan fingerprint density at radius 1 is 1.22 bits per heavy atom. The average molecular weight is 433 g/mol. The van der Waals surface area contributed by atoms with Crippen LogP contribution in [0.1, 0.15) is 39.7 Å². The van der Waals surface area contributed by atoms with Crippen LogP contribution in [0.25, 0.3) is 0 Å². The molecule has 0 bridgehead atoms. The number of ether oxygens (including phenoxy) is 2. The Hall–Kier alpha value is -1.15. The van der Waals surface area contributed by atoms with Crippen molar-refractivity contribution in [2.45, 2.75) is 52.4 Å². The quantitative estimate of drug-likeness (QED) is 0.407. The number of halogens is 1. The highest BCUT2D eigenvalue weighted by Crippen LogP contribution is 2.13. The van der Waals surface area contributed by atoms with E-state index in [1.807, 2.05) is 24.3 Å². The van der Waals surface area contributed by atoms with Crippen LogP contribution in [0.5, 0.6) is 0 Å². The first kappa shape index (κ1) is 19.9. The highest BCUT2D eigenvalue weighted by Gasteiger charge is 2.17. The predicted molar refractivity (Wildman–Crippen MR) is 96.9 cm³/mol. The van der Waals surface area contributed by atoms with Gasteiger partial charge >= 0.3 is 11.9 Å². The lowest BCUT2D eigenvalue weighted by atomic mass is 10.1. The van der Waals surface area contributed by atoms with Gasteiger partial charge in [0.25, 0.3) is 0 Å². The maximum Gasteiger partial charge on any atom is 0.320 e. The summed E-state index contributed by atoms with van der Waals surface area (Å²) in [5, 5.41) is 2.83. The zero-order valence-corrected chi connectivity index (χ0v) is 16.2. The van der Waals surface area contributed by atoms with Gasteiger partial charge in [-0.3, -0.25) is 14.9 Å². The van der Waals surface area contributed by atoms with E-state index in [0.29, 0.717) is 12.8 Å². The predicted octanol–water partition coefficient (Wildman–Crippen LogP) is 3.04. The first-order valence-electron chi connectivity index (χ1n) is 7.55. The van der Waals surface area contributed by atoms with E-state index in [-0.39, 0.29) is 18.5 Å². The number of carbonyl (C=O) groups is 2. The van der Waals surface area contributed by atoms with Crippen molar-refractivity contribution in [2.75, 3.05) is 6.54 Å². The molecule has 0 aliphatic carbocycles. The maximum atomic E-state index is 11.8. The monoisotopic (exact) mass is 433 g/mol. The molecule has 0 saturated carbocycles. The fraction of sp³-hybridized carbons (Fsp3) is 0.529. The molecule has 0 amide bonds. The molecule has 128 valence electrons. The molecule has 5 nitrogen and oxygen atoms in total. The van der Waals surface area contributed by atoms with Crippen LogP contribution in [0.4, 0.5) is 0 Å². The number of hydrogen-bond donors (Lipinski definition) is 1. The number of esters is 2. The highest BCUT2D eigenvalue weighted by molar-refractivity contribution is 14.1. The molecule has 0 radical (unpaired) electrons. The second-order valence-electron chi connectivity index (χ2n) is 6.19. The Kier molecular flexibility index (Phi) is 7.98. The SMILES string of the molecule is CC(NCC(=O)OC(C)(C)C)OC(=O)CCc1ccccc1I. The summed E-state index contributed by atoms with van der Waals surface area (Å²) in [5.41, 5.74) is 0.602. The molecule has 6 heteroatoms. The van der Waals surface area contributed by atoms with E-state index in [1.54, 1.807) is 27.7 Å². The average Bonchev–Trinajstić information content (AvgIpc) is 2.42. The van der Waals surface area contributed by atoms with Gasteiger partial charge in [-0.25, -0.2) is 0 Å². The number of carbonyl (C=O) groups excluding carboxylic acids is 2. The number of rotatable bonds is 7. The van der Waals surface area contributed by atoms with E-state index >= 15 is 0 Å². The van der Waals surface area contributed by atoms with Crippen molar-refractivity contribution in [3.63, 3.8) is 0 Å². The van der Waals surface area contributed by atoms with Gasteiger partial charge in [0.05, 0.1) is 6.54 Å². The molecule has 0 fully saturated rings. The molecule has 1 atom stereocenters. The second-order valence-corrected chi connectivity index (χ2v) is 7.35. The van der Waals surface area contributed by atoms with Gasteiger partial charge in [-0.05, 0) is 68.3 Å². The Balaban J connectivity index is 2.28. The van der Waals surface area contributed by atoms with Crippen molar-refractivity contribution in [2.24, 2.45) is 0 Å². The van der Waals surface area contributed by atoms with Crippen molar-refractivity contribution >= 4 is 34.5 Å². The standard InChI is InChI=1S/C17H24INO4/c1-12(19-11-16(21)23-17(2,3)4)22-15(20)10-9-13-7-5-6-8-14(13)18/h5-8,12,19H,9-11H2,1-4H3. The van der Waals surface area contributed by atoms with Crippen LogP contribution in [-0.4, -0.2) is 30.3 Å². The smallest absolute Gasteiger partial charge is 0.320 e. The van der Waals surface area contributed by atoms with Crippen LogP contribution < -0.4 is 5.32 Å². The Labute approximate surface area is 151 Å². The third-order valence-corrected chi connectivity index (χ3v) is 3.87. The van der Waals surface area contributed by atoms with Gasteiger partial charge in [-0.2, -0.15) is 0 Å². The van der Waals surface area contributed by atoms with E-state index in [2.05, 4.69) is 27.9 Å².